The number of amidine groups is 1. The van der Waals surface area contributed by atoms with Crippen molar-refractivity contribution in [2.45, 2.75) is 25.2 Å². The molecule has 0 bridgehead atoms. The second-order valence-electron chi connectivity index (χ2n) is 4.09. The maximum atomic E-state index is 11.0. The Morgan fingerprint density at radius 3 is 2.85 bits per heavy atom. The molecule has 2 atom stereocenters. The van der Waals surface area contributed by atoms with E-state index >= 15 is 0 Å². The average molecular weight is 307 g/mol. The first-order valence-electron chi connectivity index (χ1n) is 5.84. The average Bonchev–Trinajstić information content (AvgIpc) is 2.85. The number of phosphoric acid groups is 1. The van der Waals surface area contributed by atoms with Gasteiger partial charge in [0.1, 0.15) is 12.1 Å². The number of nitrogens with zero attached hydrogens (tertiary/aromatic N) is 2. The highest BCUT2D eigenvalue weighted by Gasteiger charge is 2.30. The second kappa shape index (κ2) is 7.51. The summed E-state index contributed by atoms with van der Waals surface area (Å²) in [6.07, 6.45) is 3.54. The molecule has 114 valence electrons. The summed E-state index contributed by atoms with van der Waals surface area (Å²) in [7, 11) is -2.99. The van der Waals surface area contributed by atoms with Crippen LogP contribution in [0.15, 0.2) is 17.3 Å². The van der Waals surface area contributed by atoms with Crippen LogP contribution in [-0.4, -0.2) is 52.9 Å². The van der Waals surface area contributed by atoms with Gasteiger partial charge in [-0.1, -0.05) is 0 Å². The van der Waals surface area contributed by atoms with Crippen molar-refractivity contribution in [3.05, 3.63) is 12.3 Å². The number of ether oxygens (including phenoxy) is 1. The Labute approximate surface area is 116 Å². The Morgan fingerprint density at radius 2 is 2.30 bits per heavy atom. The molecule has 0 aromatic carbocycles. The zero-order valence-electron chi connectivity index (χ0n) is 11.0. The van der Waals surface area contributed by atoms with Gasteiger partial charge in [-0.05, 0) is 18.9 Å². The van der Waals surface area contributed by atoms with Crippen molar-refractivity contribution in [1.29, 1.82) is 0 Å². The van der Waals surface area contributed by atoms with E-state index in [1.54, 1.807) is 0 Å². The first-order chi connectivity index (χ1) is 9.35. The normalized spacial score (nSPS) is 24.2. The van der Waals surface area contributed by atoms with Crippen molar-refractivity contribution in [1.82, 2.24) is 4.90 Å². The Kier molecular flexibility index (Phi) is 6.31. The number of amides is 1. The predicted octanol–water partition coefficient (Wildman–Crippen LogP) is -0.440. The molecule has 0 spiro atoms. The molecule has 1 fully saturated rings. The van der Waals surface area contributed by atoms with Gasteiger partial charge >= 0.3 is 7.82 Å². The van der Waals surface area contributed by atoms with Crippen molar-refractivity contribution in [3.8, 4) is 0 Å². The number of carbonyl (C=O) groups is 1. The van der Waals surface area contributed by atoms with Gasteiger partial charge in [-0.2, -0.15) is 0 Å². The summed E-state index contributed by atoms with van der Waals surface area (Å²) < 4.78 is 20.4. The van der Waals surface area contributed by atoms with Crippen LogP contribution in [0.25, 0.3) is 0 Å². The van der Waals surface area contributed by atoms with Crippen LogP contribution >= 0.6 is 7.82 Å². The molecule has 1 aliphatic rings. The van der Waals surface area contributed by atoms with Gasteiger partial charge in [0.25, 0.3) is 0 Å². The number of nitrogens with two attached hydrogens (primary N) is 1. The predicted molar refractivity (Wildman–Crippen MR) is 70.5 cm³/mol. The minimum Gasteiger partial charge on any atom is -0.384 e. The lowest BCUT2D eigenvalue weighted by Gasteiger charge is -2.21. The lowest BCUT2D eigenvalue weighted by molar-refractivity contribution is -0.127. The molecular formula is C10H18N3O6P. The van der Waals surface area contributed by atoms with E-state index in [0.717, 1.165) is 0 Å². The molecule has 1 saturated heterocycles. The van der Waals surface area contributed by atoms with Crippen molar-refractivity contribution in [2.75, 3.05) is 13.7 Å². The van der Waals surface area contributed by atoms with Gasteiger partial charge in [-0.3, -0.25) is 19.2 Å². The van der Waals surface area contributed by atoms with Gasteiger partial charge < -0.3 is 20.3 Å². The molecule has 2 unspecified atom stereocenters. The van der Waals surface area contributed by atoms with Crippen molar-refractivity contribution in [3.63, 3.8) is 0 Å². The Bertz CT molecular complexity index is 435. The SMILES string of the molecule is CN=C(N)/C=C\N(C=O)C1CCC(COP(=O)(O)O)O1. The zero-order valence-corrected chi connectivity index (χ0v) is 11.8. The Morgan fingerprint density at radius 1 is 1.60 bits per heavy atom. The van der Waals surface area contributed by atoms with E-state index < -0.39 is 20.2 Å². The fourth-order valence-electron chi connectivity index (χ4n) is 1.64. The Balaban J connectivity index is 2.50. The fourth-order valence-corrected chi connectivity index (χ4v) is 2.01. The summed E-state index contributed by atoms with van der Waals surface area (Å²) in [4.78, 5) is 33.2. The van der Waals surface area contributed by atoms with E-state index in [-0.39, 0.29) is 12.4 Å². The van der Waals surface area contributed by atoms with Gasteiger partial charge in [0.05, 0.1) is 12.7 Å². The highest BCUT2D eigenvalue weighted by molar-refractivity contribution is 7.46. The molecule has 9 nitrogen and oxygen atoms in total. The summed E-state index contributed by atoms with van der Waals surface area (Å²) in [6.45, 7) is -0.226. The summed E-state index contributed by atoms with van der Waals surface area (Å²) >= 11 is 0. The molecule has 4 N–H and O–H groups in total. The van der Waals surface area contributed by atoms with Crippen LogP contribution in [0.2, 0.25) is 0 Å². The van der Waals surface area contributed by atoms with Crippen molar-refractivity contribution >= 4 is 20.1 Å². The van der Waals surface area contributed by atoms with Crippen LogP contribution in [0.1, 0.15) is 12.8 Å². The van der Waals surface area contributed by atoms with E-state index in [1.807, 2.05) is 0 Å². The van der Waals surface area contributed by atoms with Crippen LogP contribution in [-0.2, 0) is 18.6 Å². The molecule has 1 amide bonds. The van der Waals surface area contributed by atoms with Crippen LogP contribution < -0.4 is 5.73 Å². The first-order valence-corrected chi connectivity index (χ1v) is 7.37. The molecule has 0 saturated carbocycles. The number of hydrogen-bond acceptors (Lipinski definition) is 5. The largest absolute Gasteiger partial charge is 0.469 e. The minimum atomic E-state index is -4.51. The highest BCUT2D eigenvalue weighted by Crippen LogP contribution is 2.37. The molecule has 1 aliphatic heterocycles. The van der Waals surface area contributed by atoms with E-state index in [4.69, 9.17) is 20.3 Å². The lowest BCUT2D eigenvalue weighted by Crippen LogP contribution is -2.30. The number of phosphoric ester groups is 1. The fraction of sp³-hybridized carbons (Fsp3) is 0.600. The molecule has 10 heteroatoms. The van der Waals surface area contributed by atoms with Gasteiger partial charge in [0.2, 0.25) is 6.41 Å². The smallest absolute Gasteiger partial charge is 0.384 e. The van der Waals surface area contributed by atoms with Crippen LogP contribution in [0.4, 0.5) is 0 Å². The van der Waals surface area contributed by atoms with Gasteiger partial charge in [-0.25, -0.2) is 4.57 Å². The van der Waals surface area contributed by atoms with E-state index in [9.17, 15) is 9.36 Å². The molecule has 1 rings (SSSR count). The number of rotatable bonds is 7. The summed E-state index contributed by atoms with van der Waals surface area (Å²) in [5.74, 6) is 0.260. The first kappa shape index (κ1) is 16.8. The van der Waals surface area contributed by atoms with Crippen molar-refractivity contribution < 1.29 is 28.4 Å². The van der Waals surface area contributed by atoms with Gasteiger partial charge in [0.15, 0.2) is 0 Å². The third kappa shape index (κ3) is 5.81. The van der Waals surface area contributed by atoms with Crippen LogP contribution in [0.3, 0.4) is 0 Å². The lowest BCUT2D eigenvalue weighted by atomic mass is 10.2. The third-order valence-corrected chi connectivity index (χ3v) is 3.13. The Hall–Kier alpha value is -1.25. The summed E-state index contributed by atoms with van der Waals surface area (Å²) in [5.41, 5.74) is 5.47. The molecule has 20 heavy (non-hydrogen) atoms. The topological polar surface area (TPSA) is 135 Å². The van der Waals surface area contributed by atoms with Gasteiger partial charge in [0, 0.05) is 13.2 Å². The highest BCUT2D eigenvalue weighted by atomic mass is 31.2. The number of hydrogen-bond donors (Lipinski definition) is 3. The molecule has 0 radical (unpaired) electrons. The number of carbonyl (C=O) groups excluding carboxylic acids is 1. The molecule has 1 heterocycles. The van der Waals surface area contributed by atoms with Crippen LogP contribution in [0, 0.1) is 0 Å². The van der Waals surface area contributed by atoms with E-state index in [0.29, 0.717) is 19.3 Å². The monoisotopic (exact) mass is 307 g/mol. The van der Waals surface area contributed by atoms with E-state index in [1.165, 1.54) is 24.2 Å². The number of aliphatic imine (C=N–C) groups is 1. The van der Waals surface area contributed by atoms with E-state index in [2.05, 4.69) is 9.52 Å². The molecular weight excluding hydrogens is 289 g/mol. The quantitative estimate of drug-likeness (QED) is 0.251. The standard InChI is InChI=1S/C10H18N3O6P/c1-12-9(11)4-5-13(7-14)10-3-2-8(19-10)6-18-20(15,16)17/h4-5,7-8,10H,2-3,6H2,1H3,(H2,11,12)(H2,15,16,17)/b5-4-. The van der Waals surface area contributed by atoms with Gasteiger partial charge in [-0.15, -0.1) is 0 Å². The second-order valence-corrected chi connectivity index (χ2v) is 5.33. The molecule has 0 aromatic heterocycles. The third-order valence-electron chi connectivity index (χ3n) is 2.64. The zero-order chi connectivity index (χ0) is 15.2. The van der Waals surface area contributed by atoms with Crippen molar-refractivity contribution in [2.24, 2.45) is 10.7 Å². The molecule has 0 aliphatic carbocycles. The maximum Gasteiger partial charge on any atom is 0.469 e. The van der Waals surface area contributed by atoms with Crippen LogP contribution in [0.5, 0.6) is 0 Å². The summed E-state index contributed by atoms with van der Waals surface area (Å²) in [6, 6.07) is 0. The molecule has 0 aromatic rings. The maximum absolute atomic E-state index is 11.0. The summed E-state index contributed by atoms with van der Waals surface area (Å²) in [5, 5.41) is 0. The minimum absolute atomic E-state index is 0.226.